The fraction of sp³-hybridized carbons (Fsp3) is 0.429. The van der Waals surface area contributed by atoms with Crippen molar-refractivity contribution in [2.24, 2.45) is 0 Å². The number of hydrogen-bond acceptors (Lipinski definition) is 3. The first-order valence-electron chi connectivity index (χ1n) is 6.42. The zero-order chi connectivity index (χ0) is 13.8. The Morgan fingerprint density at radius 2 is 2.16 bits per heavy atom. The summed E-state index contributed by atoms with van der Waals surface area (Å²) in [7, 11) is 0. The van der Waals surface area contributed by atoms with Gasteiger partial charge in [0, 0.05) is 12.6 Å². The lowest BCUT2D eigenvalue weighted by molar-refractivity contribution is -0.122. The number of nitrogens with one attached hydrogen (secondary N) is 2. The predicted molar refractivity (Wildman–Crippen MR) is 70.9 cm³/mol. The number of amides is 1. The molecule has 1 atom stereocenters. The normalized spacial score (nSPS) is 15.8. The zero-order valence-electron chi connectivity index (χ0n) is 10.8. The topological polar surface area (TPSA) is 78.4 Å². The molecule has 1 unspecified atom stereocenters. The molecule has 1 aliphatic rings. The molecule has 1 aromatic carbocycles. The molecule has 1 aromatic rings. The number of aromatic carboxylic acids is 1. The van der Waals surface area contributed by atoms with Crippen molar-refractivity contribution in [2.75, 3.05) is 0 Å². The van der Waals surface area contributed by atoms with Crippen molar-refractivity contribution in [3.8, 4) is 0 Å². The summed E-state index contributed by atoms with van der Waals surface area (Å²) < 4.78 is 0. The molecule has 5 heteroatoms. The lowest BCUT2D eigenvalue weighted by atomic mass is 10.1. The van der Waals surface area contributed by atoms with Crippen molar-refractivity contribution in [1.82, 2.24) is 10.6 Å². The molecule has 2 rings (SSSR count). The predicted octanol–water partition coefficient (Wildman–Crippen LogP) is 1.14. The summed E-state index contributed by atoms with van der Waals surface area (Å²) in [5, 5.41) is 14.9. The number of carboxylic acids is 1. The average molecular weight is 262 g/mol. The number of carbonyl (C=O) groups is 2. The molecule has 5 nitrogen and oxygen atoms in total. The molecule has 0 aliphatic heterocycles. The Bertz CT molecular complexity index is 483. The van der Waals surface area contributed by atoms with Gasteiger partial charge in [0.25, 0.3) is 0 Å². The maximum absolute atomic E-state index is 11.7. The summed E-state index contributed by atoms with van der Waals surface area (Å²) in [4.78, 5) is 22.6. The second-order valence-electron chi connectivity index (χ2n) is 4.89. The molecule has 0 bridgehead atoms. The molecular weight excluding hydrogens is 244 g/mol. The van der Waals surface area contributed by atoms with Gasteiger partial charge in [0.05, 0.1) is 11.6 Å². The van der Waals surface area contributed by atoms with Crippen LogP contribution in [0.15, 0.2) is 24.3 Å². The maximum Gasteiger partial charge on any atom is 0.335 e. The van der Waals surface area contributed by atoms with Gasteiger partial charge in [-0.25, -0.2) is 4.79 Å². The van der Waals surface area contributed by atoms with E-state index >= 15 is 0 Å². The van der Waals surface area contributed by atoms with Crippen molar-refractivity contribution in [1.29, 1.82) is 0 Å². The summed E-state index contributed by atoms with van der Waals surface area (Å²) >= 11 is 0. The van der Waals surface area contributed by atoms with Crippen LogP contribution in [0.4, 0.5) is 0 Å². The molecule has 0 heterocycles. The quantitative estimate of drug-likeness (QED) is 0.718. The first kappa shape index (κ1) is 13.5. The van der Waals surface area contributed by atoms with E-state index < -0.39 is 5.97 Å². The van der Waals surface area contributed by atoms with Gasteiger partial charge < -0.3 is 15.7 Å². The molecule has 1 amide bonds. The monoisotopic (exact) mass is 262 g/mol. The molecule has 19 heavy (non-hydrogen) atoms. The molecular formula is C14H18N2O3. The fourth-order valence-electron chi connectivity index (χ4n) is 1.73. The fourth-order valence-corrected chi connectivity index (χ4v) is 1.73. The minimum absolute atomic E-state index is 0.00288. The minimum atomic E-state index is -0.943. The van der Waals surface area contributed by atoms with Crippen molar-refractivity contribution < 1.29 is 14.7 Å². The molecule has 0 saturated heterocycles. The lowest BCUT2D eigenvalue weighted by Crippen LogP contribution is -2.42. The third-order valence-corrected chi connectivity index (χ3v) is 3.10. The largest absolute Gasteiger partial charge is 0.478 e. The Kier molecular flexibility index (Phi) is 4.16. The van der Waals surface area contributed by atoms with Gasteiger partial charge in [-0.1, -0.05) is 12.1 Å². The van der Waals surface area contributed by atoms with Crippen molar-refractivity contribution in [2.45, 2.75) is 38.4 Å². The Hall–Kier alpha value is -1.88. The average Bonchev–Trinajstić information content (AvgIpc) is 3.20. The second-order valence-corrected chi connectivity index (χ2v) is 4.89. The summed E-state index contributed by atoms with van der Waals surface area (Å²) in [6, 6.07) is 6.78. The Morgan fingerprint density at radius 3 is 2.79 bits per heavy atom. The van der Waals surface area contributed by atoms with E-state index in [-0.39, 0.29) is 17.5 Å². The molecule has 1 saturated carbocycles. The van der Waals surface area contributed by atoms with Crippen LogP contribution in [0.5, 0.6) is 0 Å². The van der Waals surface area contributed by atoms with Crippen molar-refractivity contribution in [3.63, 3.8) is 0 Å². The van der Waals surface area contributed by atoms with Gasteiger partial charge in [-0.3, -0.25) is 4.79 Å². The Morgan fingerprint density at radius 1 is 1.42 bits per heavy atom. The molecule has 102 valence electrons. The Balaban J connectivity index is 1.85. The SMILES string of the molecule is CC(NCc1cccc(C(=O)O)c1)C(=O)NC1CC1. The standard InChI is InChI=1S/C14H18N2O3/c1-9(13(17)16-12-5-6-12)15-8-10-3-2-4-11(7-10)14(18)19/h2-4,7,9,12,15H,5-6,8H2,1H3,(H,16,17)(H,18,19). The number of rotatable bonds is 6. The summed E-state index contributed by atoms with van der Waals surface area (Å²) in [6.45, 7) is 2.28. The summed E-state index contributed by atoms with van der Waals surface area (Å²) in [5.74, 6) is -0.946. The molecule has 1 fully saturated rings. The molecule has 0 aromatic heterocycles. The van der Waals surface area contributed by atoms with Gasteiger partial charge >= 0.3 is 5.97 Å². The first-order valence-corrected chi connectivity index (χ1v) is 6.42. The van der Waals surface area contributed by atoms with Crippen LogP contribution in [0.1, 0.15) is 35.7 Å². The van der Waals surface area contributed by atoms with Crippen LogP contribution in [-0.2, 0) is 11.3 Å². The molecule has 0 radical (unpaired) electrons. The van der Waals surface area contributed by atoms with Gasteiger partial charge in [0.1, 0.15) is 0 Å². The Labute approximate surface area is 112 Å². The van der Waals surface area contributed by atoms with Gasteiger partial charge in [0.2, 0.25) is 5.91 Å². The van der Waals surface area contributed by atoms with Crippen molar-refractivity contribution in [3.05, 3.63) is 35.4 Å². The molecule has 0 spiro atoms. The van der Waals surface area contributed by atoms with E-state index in [2.05, 4.69) is 10.6 Å². The first-order chi connectivity index (χ1) is 9.06. The zero-order valence-corrected chi connectivity index (χ0v) is 10.8. The van der Waals surface area contributed by atoms with Crippen LogP contribution in [0.2, 0.25) is 0 Å². The molecule has 1 aliphatic carbocycles. The van der Waals surface area contributed by atoms with Crippen LogP contribution < -0.4 is 10.6 Å². The van der Waals surface area contributed by atoms with Crippen LogP contribution in [0.25, 0.3) is 0 Å². The number of carboxylic acid groups (broad SMARTS) is 1. The minimum Gasteiger partial charge on any atom is -0.478 e. The molecule has 3 N–H and O–H groups in total. The van der Waals surface area contributed by atoms with E-state index in [0.717, 1.165) is 18.4 Å². The highest BCUT2D eigenvalue weighted by Gasteiger charge is 2.25. The van der Waals surface area contributed by atoms with E-state index in [0.29, 0.717) is 12.6 Å². The van der Waals surface area contributed by atoms with Crippen LogP contribution >= 0.6 is 0 Å². The summed E-state index contributed by atoms with van der Waals surface area (Å²) in [5.41, 5.74) is 1.11. The lowest BCUT2D eigenvalue weighted by Gasteiger charge is -2.14. The number of hydrogen-bond donors (Lipinski definition) is 3. The van der Waals surface area contributed by atoms with Gasteiger partial charge in [-0.2, -0.15) is 0 Å². The van der Waals surface area contributed by atoms with E-state index in [1.165, 1.54) is 0 Å². The van der Waals surface area contributed by atoms with Crippen LogP contribution in [0.3, 0.4) is 0 Å². The highest BCUT2D eigenvalue weighted by molar-refractivity contribution is 5.87. The number of benzene rings is 1. The van der Waals surface area contributed by atoms with E-state index in [4.69, 9.17) is 5.11 Å². The van der Waals surface area contributed by atoms with Crippen LogP contribution in [0, 0.1) is 0 Å². The van der Waals surface area contributed by atoms with E-state index in [1.807, 2.05) is 6.07 Å². The number of carbonyl (C=O) groups excluding carboxylic acids is 1. The highest BCUT2D eigenvalue weighted by atomic mass is 16.4. The summed E-state index contributed by atoms with van der Waals surface area (Å²) in [6.07, 6.45) is 2.14. The third kappa shape index (κ3) is 4.06. The smallest absolute Gasteiger partial charge is 0.335 e. The van der Waals surface area contributed by atoms with Gasteiger partial charge in [-0.15, -0.1) is 0 Å². The maximum atomic E-state index is 11.7. The van der Waals surface area contributed by atoms with Gasteiger partial charge in [-0.05, 0) is 37.5 Å². The van der Waals surface area contributed by atoms with Crippen LogP contribution in [-0.4, -0.2) is 29.1 Å². The van der Waals surface area contributed by atoms with Gasteiger partial charge in [0.15, 0.2) is 0 Å². The highest BCUT2D eigenvalue weighted by Crippen LogP contribution is 2.18. The van der Waals surface area contributed by atoms with E-state index in [1.54, 1.807) is 25.1 Å². The second kappa shape index (κ2) is 5.84. The third-order valence-electron chi connectivity index (χ3n) is 3.10. The van der Waals surface area contributed by atoms with Crippen molar-refractivity contribution >= 4 is 11.9 Å². The van der Waals surface area contributed by atoms with E-state index in [9.17, 15) is 9.59 Å².